The smallest absolute Gasteiger partial charge is 0.331 e. The number of benzene rings is 2. The van der Waals surface area contributed by atoms with Crippen LogP contribution in [0.1, 0.15) is 11.3 Å². The van der Waals surface area contributed by atoms with Crippen LogP contribution in [0.2, 0.25) is 0 Å². The predicted molar refractivity (Wildman–Crippen MR) is 101 cm³/mol. The van der Waals surface area contributed by atoms with E-state index in [0.29, 0.717) is 17.1 Å². The lowest BCUT2D eigenvalue weighted by atomic mass is 10.00. The summed E-state index contributed by atoms with van der Waals surface area (Å²) in [6.45, 7) is -0.0638. The third-order valence-corrected chi connectivity index (χ3v) is 4.52. The predicted octanol–water partition coefficient (Wildman–Crippen LogP) is 3.10. The van der Waals surface area contributed by atoms with E-state index < -0.39 is 17.8 Å². The van der Waals surface area contributed by atoms with Gasteiger partial charge in [-0.2, -0.15) is 0 Å². The quantitative estimate of drug-likeness (QED) is 0.558. The third kappa shape index (κ3) is 3.03. The number of methoxy groups -OCH3 is 1. The molecule has 0 radical (unpaired) electrons. The highest BCUT2D eigenvalue weighted by Gasteiger charge is 2.36. The SMILES string of the molecule is COc1ccc(/C=C2\C(=O)NC(=O)N(Cc3ccco3)C2=O)c2ccccc12. The zero-order valence-corrected chi connectivity index (χ0v) is 15.0. The number of imide groups is 2. The van der Waals surface area contributed by atoms with Crippen LogP contribution in [0.3, 0.4) is 0 Å². The zero-order chi connectivity index (χ0) is 19.7. The van der Waals surface area contributed by atoms with Gasteiger partial charge in [-0.3, -0.25) is 19.8 Å². The van der Waals surface area contributed by atoms with Crippen LogP contribution in [0, 0.1) is 0 Å². The van der Waals surface area contributed by atoms with E-state index in [2.05, 4.69) is 5.32 Å². The molecule has 28 heavy (non-hydrogen) atoms. The van der Waals surface area contributed by atoms with Crippen molar-refractivity contribution in [2.24, 2.45) is 0 Å². The van der Waals surface area contributed by atoms with Crippen LogP contribution in [0.15, 0.2) is 64.8 Å². The number of nitrogens with one attached hydrogen (secondary N) is 1. The van der Waals surface area contributed by atoms with Gasteiger partial charge in [0.25, 0.3) is 11.8 Å². The summed E-state index contributed by atoms with van der Waals surface area (Å²) in [5.74, 6) is -0.283. The van der Waals surface area contributed by atoms with Gasteiger partial charge in [0.2, 0.25) is 0 Å². The molecule has 7 heteroatoms. The number of rotatable bonds is 4. The minimum absolute atomic E-state index is 0.0638. The number of barbiturate groups is 1. The Labute approximate surface area is 160 Å². The van der Waals surface area contributed by atoms with Crippen LogP contribution < -0.4 is 10.1 Å². The molecule has 2 aromatic carbocycles. The van der Waals surface area contributed by atoms with Crippen molar-refractivity contribution < 1.29 is 23.5 Å². The molecular weight excluding hydrogens is 360 g/mol. The number of amides is 4. The Kier molecular flexibility index (Phi) is 4.41. The maximum Gasteiger partial charge on any atom is 0.331 e. The molecule has 1 fully saturated rings. The fraction of sp³-hybridized carbons (Fsp3) is 0.0952. The molecule has 1 saturated heterocycles. The Morgan fingerprint density at radius 3 is 2.54 bits per heavy atom. The van der Waals surface area contributed by atoms with Crippen LogP contribution >= 0.6 is 0 Å². The fourth-order valence-corrected chi connectivity index (χ4v) is 3.15. The van der Waals surface area contributed by atoms with Crippen LogP contribution in [0.5, 0.6) is 5.75 Å². The van der Waals surface area contributed by atoms with E-state index in [4.69, 9.17) is 9.15 Å². The van der Waals surface area contributed by atoms with Gasteiger partial charge >= 0.3 is 6.03 Å². The Balaban J connectivity index is 1.76. The maximum absolute atomic E-state index is 12.8. The summed E-state index contributed by atoms with van der Waals surface area (Å²) in [5.41, 5.74) is 0.545. The van der Waals surface area contributed by atoms with Crippen molar-refractivity contribution in [3.63, 3.8) is 0 Å². The van der Waals surface area contributed by atoms with Gasteiger partial charge in [-0.25, -0.2) is 4.79 Å². The second-order valence-corrected chi connectivity index (χ2v) is 6.19. The van der Waals surface area contributed by atoms with Crippen molar-refractivity contribution in [3.05, 3.63) is 71.7 Å². The molecule has 2 heterocycles. The number of carbonyl (C=O) groups excluding carboxylic acids is 3. The van der Waals surface area contributed by atoms with Crippen molar-refractivity contribution in [2.45, 2.75) is 6.54 Å². The van der Waals surface area contributed by atoms with Crippen LogP contribution in [-0.2, 0) is 16.1 Å². The maximum atomic E-state index is 12.8. The Hall–Kier alpha value is -3.87. The summed E-state index contributed by atoms with van der Waals surface area (Å²) < 4.78 is 10.6. The van der Waals surface area contributed by atoms with Crippen molar-refractivity contribution in [2.75, 3.05) is 7.11 Å². The molecule has 0 spiro atoms. The molecule has 0 aliphatic carbocycles. The lowest BCUT2D eigenvalue weighted by Crippen LogP contribution is -2.53. The van der Waals surface area contributed by atoms with E-state index >= 15 is 0 Å². The van der Waals surface area contributed by atoms with Gasteiger partial charge in [-0.15, -0.1) is 0 Å². The number of ether oxygens (including phenoxy) is 1. The Bertz CT molecular complexity index is 1120. The zero-order valence-electron chi connectivity index (χ0n) is 15.0. The van der Waals surface area contributed by atoms with E-state index in [9.17, 15) is 14.4 Å². The molecule has 0 bridgehead atoms. The highest BCUT2D eigenvalue weighted by molar-refractivity contribution is 6.31. The number of furan rings is 1. The first kappa shape index (κ1) is 17.5. The molecule has 1 N–H and O–H groups in total. The molecule has 3 aromatic rings. The molecule has 140 valence electrons. The number of nitrogens with zero attached hydrogens (tertiary/aromatic N) is 1. The number of urea groups is 1. The van der Waals surface area contributed by atoms with Gasteiger partial charge in [0, 0.05) is 5.39 Å². The number of carbonyl (C=O) groups is 3. The normalized spacial score (nSPS) is 16.0. The Morgan fingerprint density at radius 1 is 1.04 bits per heavy atom. The summed E-state index contributed by atoms with van der Waals surface area (Å²) in [5, 5.41) is 3.88. The number of fused-ring (bicyclic) bond motifs is 1. The van der Waals surface area contributed by atoms with E-state index in [1.807, 2.05) is 24.3 Å². The average Bonchev–Trinajstić information content (AvgIpc) is 3.21. The topological polar surface area (TPSA) is 88.8 Å². The summed E-state index contributed by atoms with van der Waals surface area (Å²) in [6, 6.07) is 13.6. The lowest BCUT2D eigenvalue weighted by Gasteiger charge is -2.25. The summed E-state index contributed by atoms with van der Waals surface area (Å²) >= 11 is 0. The molecule has 7 nitrogen and oxygen atoms in total. The van der Waals surface area contributed by atoms with E-state index in [0.717, 1.165) is 15.7 Å². The molecule has 4 amide bonds. The van der Waals surface area contributed by atoms with E-state index in [1.54, 1.807) is 31.4 Å². The van der Waals surface area contributed by atoms with Gasteiger partial charge in [-0.05, 0) is 35.2 Å². The Morgan fingerprint density at radius 2 is 1.82 bits per heavy atom. The number of hydrogen-bond donors (Lipinski definition) is 1. The summed E-state index contributed by atoms with van der Waals surface area (Å²) in [7, 11) is 1.58. The van der Waals surface area contributed by atoms with Gasteiger partial charge < -0.3 is 9.15 Å². The monoisotopic (exact) mass is 376 g/mol. The molecule has 0 atom stereocenters. The minimum atomic E-state index is -0.775. The molecular formula is C21H16N2O5. The fourth-order valence-electron chi connectivity index (χ4n) is 3.15. The van der Waals surface area contributed by atoms with Crippen LogP contribution in [0.4, 0.5) is 4.79 Å². The van der Waals surface area contributed by atoms with Crippen molar-refractivity contribution >= 4 is 34.7 Å². The van der Waals surface area contributed by atoms with Gasteiger partial charge in [-0.1, -0.05) is 30.3 Å². The highest BCUT2D eigenvalue weighted by Crippen LogP contribution is 2.30. The van der Waals surface area contributed by atoms with E-state index in [-0.39, 0.29) is 12.1 Å². The van der Waals surface area contributed by atoms with Crippen LogP contribution in [-0.4, -0.2) is 29.9 Å². The van der Waals surface area contributed by atoms with Crippen molar-refractivity contribution in [3.8, 4) is 5.75 Å². The molecule has 1 aliphatic rings. The standard InChI is InChI=1S/C21H16N2O5/c1-27-18-9-8-13(15-6-2-3-7-16(15)18)11-17-19(24)22-21(26)23(20(17)25)12-14-5-4-10-28-14/h2-11H,12H2,1H3,(H,22,24,26)/b17-11+. The molecule has 4 rings (SSSR count). The molecule has 1 aromatic heterocycles. The van der Waals surface area contributed by atoms with E-state index in [1.165, 1.54) is 12.3 Å². The summed E-state index contributed by atoms with van der Waals surface area (Å²) in [6.07, 6.45) is 2.94. The first-order chi connectivity index (χ1) is 13.6. The van der Waals surface area contributed by atoms with Crippen LogP contribution in [0.25, 0.3) is 16.8 Å². The largest absolute Gasteiger partial charge is 0.496 e. The average molecular weight is 376 g/mol. The molecule has 0 unspecified atom stereocenters. The lowest BCUT2D eigenvalue weighted by molar-refractivity contribution is -0.130. The first-order valence-corrected chi connectivity index (χ1v) is 8.55. The third-order valence-electron chi connectivity index (χ3n) is 4.52. The second-order valence-electron chi connectivity index (χ2n) is 6.19. The van der Waals surface area contributed by atoms with Crippen molar-refractivity contribution in [1.29, 1.82) is 0 Å². The van der Waals surface area contributed by atoms with Gasteiger partial charge in [0.05, 0.1) is 19.9 Å². The minimum Gasteiger partial charge on any atom is -0.496 e. The second kappa shape index (κ2) is 7.03. The highest BCUT2D eigenvalue weighted by atomic mass is 16.5. The molecule has 1 aliphatic heterocycles. The van der Waals surface area contributed by atoms with Crippen molar-refractivity contribution in [1.82, 2.24) is 10.2 Å². The molecule has 0 saturated carbocycles. The summed E-state index contributed by atoms with van der Waals surface area (Å²) in [4.78, 5) is 38.2. The van der Waals surface area contributed by atoms with Gasteiger partial charge in [0.1, 0.15) is 17.1 Å². The number of hydrogen-bond acceptors (Lipinski definition) is 5. The first-order valence-electron chi connectivity index (χ1n) is 8.55. The van der Waals surface area contributed by atoms with Gasteiger partial charge in [0.15, 0.2) is 0 Å².